The van der Waals surface area contributed by atoms with E-state index in [0.29, 0.717) is 16.0 Å². The van der Waals surface area contributed by atoms with Crippen LogP contribution in [0.15, 0.2) is 40.5 Å². The first kappa shape index (κ1) is 12.3. The predicted octanol–water partition coefficient (Wildman–Crippen LogP) is 3.31. The van der Waals surface area contributed by atoms with Gasteiger partial charge >= 0.3 is 0 Å². The van der Waals surface area contributed by atoms with Crippen molar-refractivity contribution in [3.05, 3.63) is 62.2 Å². The molecule has 3 nitrogen and oxygen atoms in total. The first-order valence-corrected chi connectivity index (χ1v) is 6.89. The van der Waals surface area contributed by atoms with E-state index in [0.717, 1.165) is 11.1 Å². The van der Waals surface area contributed by atoms with Crippen LogP contribution in [0.3, 0.4) is 0 Å². The summed E-state index contributed by atoms with van der Waals surface area (Å²) in [5, 5.41) is 1.85. The summed E-state index contributed by atoms with van der Waals surface area (Å²) in [7, 11) is 0. The van der Waals surface area contributed by atoms with Crippen LogP contribution in [-0.4, -0.2) is 9.55 Å². The number of H-pyrrole nitrogens is 1. The first-order valence-electron chi connectivity index (χ1n) is 5.60. The zero-order valence-electron chi connectivity index (χ0n) is 9.72. The van der Waals surface area contributed by atoms with Crippen molar-refractivity contribution in [3.8, 4) is 0 Å². The van der Waals surface area contributed by atoms with Gasteiger partial charge in [-0.25, -0.2) is 4.39 Å². The molecule has 0 saturated carbocycles. The van der Waals surface area contributed by atoms with Crippen LogP contribution in [-0.2, 0) is 6.54 Å². The van der Waals surface area contributed by atoms with Gasteiger partial charge < -0.3 is 4.98 Å². The highest BCUT2D eigenvalue weighted by molar-refractivity contribution is 7.71. The summed E-state index contributed by atoms with van der Waals surface area (Å²) >= 11 is 6.57. The number of thiophene rings is 1. The van der Waals surface area contributed by atoms with E-state index in [1.807, 2.05) is 11.4 Å². The molecule has 6 heteroatoms. The Balaban J connectivity index is 2.12. The Morgan fingerprint density at radius 1 is 1.26 bits per heavy atom. The molecule has 3 aromatic rings. The van der Waals surface area contributed by atoms with E-state index in [1.54, 1.807) is 12.1 Å². The third kappa shape index (κ3) is 2.24. The van der Waals surface area contributed by atoms with Gasteiger partial charge in [0.1, 0.15) is 10.5 Å². The minimum Gasteiger partial charge on any atom is -0.331 e. The number of nitrogens with one attached hydrogen (secondary N) is 1. The molecule has 1 aromatic carbocycles. The number of rotatable bonds is 2. The molecule has 0 saturated heterocycles. The summed E-state index contributed by atoms with van der Waals surface area (Å²) in [5.41, 5.74) is 1.48. The largest absolute Gasteiger partial charge is 0.331 e. The molecule has 2 heterocycles. The molecule has 0 unspecified atom stereocenters. The third-order valence-corrected chi connectivity index (χ3v) is 4.07. The SMILES string of the molecule is O=c1c2sccc2[nH]c(=S)n1Cc1ccc(F)cc1. The van der Waals surface area contributed by atoms with Crippen LogP contribution in [0.1, 0.15) is 5.56 Å². The molecule has 0 aliphatic heterocycles. The summed E-state index contributed by atoms with van der Waals surface area (Å²) in [6.07, 6.45) is 0. The lowest BCUT2D eigenvalue weighted by Crippen LogP contribution is -2.21. The molecule has 96 valence electrons. The Bertz CT molecular complexity index is 845. The van der Waals surface area contributed by atoms with Crippen LogP contribution in [0.25, 0.3) is 10.2 Å². The highest BCUT2D eigenvalue weighted by Gasteiger charge is 2.07. The van der Waals surface area contributed by atoms with Gasteiger partial charge in [0, 0.05) is 0 Å². The average molecular weight is 292 g/mol. The monoisotopic (exact) mass is 292 g/mol. The summed E-state index contributed by atoms with van der Waals surface area (Å²) in [6, 6.07) is 7.87. The molecule has 3 rings (SSSR count). The minimum atomic E-state index is -0.296. The van der Waals surface area contributed by atoms with Crippen LogP contribution >= 0.6 is 23.6 Å². The van der Waals surface area contributed by atoms with Gasteiger partial charge in [0.2, 0.25) is 0 Å². The molecule has 0 spiro atoms. The van der Waals surface area contributed by atoms with Gasteiger partial charge in [0.15, 0.2) is 4.77 Å². The molecule has 0 atom stereocenters. The van der Waals surface area contributed by atoms with Crippen molar-refractivity contribution in [1.29, 1.82) is 0 Å². The van der Waals surface area contributed by atoms with Crippen molar-refractivity contribution < 1.29 is 4.39 Å². The van der Waals surface area contributed by atoms with Gasteiger partial charge in [-0.05, 0) is 41.4 Å². The van der Waals surface area contributed by atoms with E-state index >= 15 is 0 Å². The van der Waals surface area contributed by atoms with E-state index in [4.69, 9.17) is 12.2 Å². The summed E-state index contributed by atoms with van der Waals surface area (Å²) in [6.45, 7) is 0.336. The fourth-order valence-corrected chi connectivity index (χ4v) is 2.94. The molecular formula is C13H9FN2OS2. The molecule has 0 bridgehead atoms. The zero-order chi connectivity index (χ0) is 13.4. The standard InChI is InChI=1S/C13H9FN2OS2/c14-9-3-1-8(2-4-9)7-16-12(17)11-10(5-6-19-11)15-13(16)18/h1-6H,7H2,(H,15,18). The minimum absolute atomic E-state index is 0.113. The molecule has 1 N–H and O–H groups in total. The van der Waals surface area contributed by atoms with Crippen LogP contribution in [0.4, 0.5) is 4.39 Å². The molecule has 0 fully saturated rings. The molecule has 0 radical (unpaired) electrons. The topological polar surface area (TPSA) is 37.8 Å². The molecular weight excluding hydrogens is 283 g/mol. The molecule has 2 aromatic heterocycles. The van der Waals surface area contributed by atoms with E-state index < -0.39 is 0 Å². The van der Waals surface area contributed by atoms with Crippen molar-refractivity contribution in [3.63, 3.8) is 0 Å². The number of nitrogens with zero attached hydrogens (tertiary/aromatic N) is 1. The van der Waals surface area contributed by atoms with Crippen molar-refractivity contribution in [2.75, 3.05) is 0 Å². The Morgan fingerprint density at radius 3 is 2.74 bits per heavy atom. The smallest absolute Gasteiger partial charge is 0.272 e. The fourth-order valence-electron chi connectivity index (χ4n) is 1.89. The van der Waals surface area contributed by atoms with Gasteiger partial charge in [-0.2, -0.15) is 0 Å². The van der Waals surface area contributed by atoms with Crippen LogP contribution < -0.4 is 5.56 Å². The number of halogens is 1. The number of aromatic nitrogens is 2. The molecule has 0 aliphatic carbocycles. The lowest BCUT2D eigenvalue weighted by Gasteiger charge is -2.06. The van der Waals surface area contributed by atoms with Gasteiger partial charge in [-0.1, -0.05) is 12.1 Å². The Morgan fingerprint density at radius 2 is 2.00 bits per heavy atom. The second-order valence-electron chi connectivity index (χ2n) is 4.11. The Hall–Kier alpha value is -1.79. The Kier molecular flexibility index (Phi) is 3.04. The lowest BCUT2D eigenvalue weighted by molar-refractivity contribution is 0.625. The average Bonchev–Trinajstić information content (AvgIpc) is 2.85. The number of aromatic amines is 1. The van der Waals surface area contributed by atoms with Crippen molar-refractivity contribution in [2.45, 2.75) is 6.54 Å². The lowest BCUT2D eigenvalue weighted by atomic mass is 10.2. The maximum absolute atomic E-state index is 12.9. The number of fused-ring (bicyclic) bond motifs is 1. The van der Waals surface area contributed by atoms with Crippen LogP contribution in [0, 0.1) is 10.6 Å². The maximum atomic E-state index is 12.9. The van der Waals surface area contributed by atoms with Gasteiger partial charge in [0.25, 0.3) is 5.56 Å². The molecule has 0 amide bonds. The predicted molar refractivity (Wildman–Crippen MR) is 76.8 cm³/mol. The van der Waals surface area contributed by atoms with Crippen molar-refractivity contribution in [1.82, 2.24) is 9.55 Å². The number of benzene rings is 1. The van der Waals surface area contributed by atoms with E-state index in [1.165, 1.54) is 28.0 Å². The van der Waals surface area contributed by atoms with Crippen LogP contribution in [0.2, 0.25) is 0 Å². The summed E-state index contributed by atoms with van der Waals surface area (Å²) < 4.78 is 15.4. The normalized spacial score (nSPS) is 11.0. The van der Waals surface area contributed by atoms with Crippen molar-refractivity contribution >= 4 is 33.8 Å². The van der Waals surface area contributed by atoms with E-state index in [-0.39, 0.29) is 11.4 Å². The van der Waals surface area contributed by atoms with Crippen LogP contribution in [0.5, 0.6) is 0 Å². The highest BCUT2D eigenvalue weighted by Crippen LogP contribution is 2.14. The van der Waals surface area contributed by atoms with E-state index in [9.17, 15) is 9.18 Å². The summed E-state index contributed by atoms with van der Waals surface area (Å²) in [4.78, 5) is 15.3. The van der Waals surface area contributed by atoms with Crippen molar-refractivity contribution in [2.24, 2.45) is 0 Å². The zero-order valence-corrected chi connectivity index (χ0v) is 11.4. The first-order chi connectivity index (χ1) is 9.15. The highest BCUT2D eigenvalue weighted by atomic mass is 32.1. The fraction of sp³-hybridized carbons (Fsp3) is 0.0769. The number of hydrogen-bond donors (Lipinski definition) is 1. The second kappa shape index (κ2) is 4.71. The second-order valence-corrected chi connectivity index (χ2v) is 5.41. The quantitative estimate of drug-likeness (QED) is 0.736. The number of hydrogen-bond acceptors (Lipinski definition) is 3. The third-order valence-electron chi connectivity index (χ3n) is 2.85. The van der Waals surface area contributed by atoms with E-state index in [2.05, 4.69) is 4.98 Å². The molecule has 0 aliphatic rings. The van der Waals surface area contributed by atoms with Gasteiger partial charge in [0.05, 0.1) is 12.1 Å². The Labute approximate surface area is 117 Å². The molecule has 19 heavy (non-hydrogen) atoms. The summed E-state index contributed by atoms with van der Waals surface area (Å²) in [5.74, 6) is -0.296. The maximum Gasteiger partial charge on any atom is 0.272 e. The van der Waals surface area contributed by atoms with Gasteiger partial charge in [-0.3, -0.25) is 9.36 Å². The van der Waals surface area contributed by atoms with Gasteiger partial charge in [-0.15, -0.1) is 11.3 Å².